The van der Waals surface area contributed by atoms with Gasteiger partial charge in [-0.2, -0.15) is 0 Å². The number of halogens is 1. The summed E-state index contributed by atoms with van der Waals surface area (Å²) < 4.78 is 9.93. The zero-order chi connectivity index (χ0) is 12.1. The van der Waals surface area contributed by atoms with Crippen molar-refractivity contribution in [1.82, 2.24) is 4.98 Å². The molecule has 1 unspecified atom stereocenters. The number of nitrogens with zero attached hydrogens (tertiary/aromatic N) is 1. The van der Waals surface area contributed by atoms with Crippen LogP contribution in [0.15, 0.2) is 12.3 Å². The third-order valence-corrected chi connectivity index (χ3v) is 2.04. The van der Waals surface area contributed by atoms with Crippen molar-refractivity contribution in [2.75, 3.05) is 19.5 Å². The predicted molar refractivity (Wildman–Crippen MR) is 60.4 cm³/mol. The van der Waals surface area contributed by atoms with E-state index in [0.29, 0.717) is 6.61 Å². The van der Waals surface area contributed by atoms with E-state index in [2.05, 4.69) is 4.98 Å². The Morgan fingerprint density at radius 2 is 2.38 bits per heavy atom. The summed E-state index contributed by atoms with van der Waals surface area (Å²) in [5, 5.41) is 0.195. The molecule has 0 radical (unpaired) electrons. The largest absolute Gasteiger partial charge is 0.457 e. The lowest BCUT2D eigenvalue weighted by Gasteiger charge is -2.12. The van der Waals surface area contributed by atoms with Crippen LogP contribution in [0.2, 0.25) is 5.15 Å². The lowest BCUT2D eigenvalue weighted by molar-refractivity contribution is 0.0121. The van der Waals surface area contributed by atoms with Gasteiger partial charge in [-0.3, -0.25) is 0 Å². The lowest BCUT2D eigenvalue weighted by atomic mass is 10.2. The van der Waals surface area contributed by atoms with Crippen LogP contribution in [0.5, 0.6) is 0 Å². The molecule has 0 amide bonds. The highest BCUT2D eigenvalue weighted by Crippen LogP contribution is 2.16. The van der Waals surface area contributed by atoms with Crippen molar-refractivity contribution >= 4 is 23.3 Å². The van der Waals surface area contributed by atoms with Crippen LogP contribution in [0.1, 0.15) is 17.3 Å². The number of hydrogen-bond acceptors (Lipinski definition) is 5. The molecule has 1 aromatic heterocycles. The van der Waals surface area contributed by atoms with Crippen LogP contribution in [-0.4, -0.2) is 30.8 Å². The standard InChI is InChI=1S/C10H13ClN2O3/c1-6(5-15-2)16-10(14)7-3-9(11)13-4-8(7)12/h3-4,6H,5,12H2,1-2H3. The maximum atomic E-state index is 11.7. The number of rotatable bonds is 4. The summed E-state index contributed by atoms with van der Waals surface area (Å²) in [5.74, 6) is -0.536. The molecule has 1 aromatic rings. The van der Waals surface area contributed by atoms with E-state index in [9.17, 15) is 4.79 Å². The quantitative estimate of drug-likeness (QED) is 0.642. The van der Waals surface area contributed by atoms with Gasteiger partial charge in [0.15, 0.2) is 0 Å². The fourth-order valence-corrected chi connectivity index (χ4v) is 1.29. The van der Waals surface area contributed by atoms with E-state index in [1.54, 1.807) is 6.92 Å². The second-order valence-corrected chi connectivity index (χ2v) is 3.65. The number of nitrogens with two attached hydrogens (primary N) is 1. The first-order chi connectivity index (χ1) is 7.54. The Bertz CT molecular complexity index is 384. The highest BCUT2D eigenvalue weighted by Gasteiger charge is 2.15. The summed E-state index contributed by atoms with van der Waals surface area (Å²) in [7, 11) is 1.53. The fraction of sp³-hybridized carbons (Fsp3) is 0.400. The molecule has 0 bridgehead atoms. The minimum absolute atomic E-state index is 0.195. The molecular weight excluding hydrogens is 232 g/mol. The topological polar surface area (TPSA) is 74.4 Å². The SMILES string of the molecule is COCC(C)OC(=O)c1cc(Cl)ncc1N. The third-order valence-electron chi connectivity index (χ3n) is 1.83. The first kappa shape index (κ1) is 12.7. The zero-order valence-electron chi connectivity index (χ0n) is 9.07. The van der Waals surface area contributed by atoms with Gasteiger partial charge in [0.1, 0.15) is 11.3 Å². The maximum Gasteiger partial charge on any atom is 0.340 e. The van der Waals surface area contributed by atoms with E-state index in [4.69, 9.17) is 26.8 Å². The maximum absolute atomic E-state index is 11.7. The normalized spacial score (nSPS) is 12.2. The number of aromatic nitrogens is 1. The number of esters is 1. The Labute approximate surface area is 98.5 Å². The van der Waals surface area contributed by atoms with Crippen molar-refractivity contribution in [1.29, 1.82) is 0 Å². The van der Waals surface area contributed by atoms with Gasteiger partial charge in [0, 0.05) is 7.11 Å². The van der Waals surface area contributed by atoms with Gasteiger partial charge in [0.2, 0.25) is 0 Å². The minimum Gasteiger partial charge on any atom is -0.457 e. The van der Waals surface area contributed by atoms with Crippen LogP contribution >= 0.6 is 11.6 Å². The summed E-state index contributed by atoms with van der Waals surface area (Å²) in [5.41, 5.74) is 6.03. The van der Waals surface area contributed by atoms with Crippen molar-refractivity contribution in [3.63, 3.8) is 0 Å². The van der Waals surface area contributed by atoms with Gasteiger partial charge in [-0.25, -0.2) is 9.78 Å². The fourth-order valence-electron chi connectivity index (χ4n) is 1.13. The molecule has 6 heteroatoms. The van der Waals surface area contributed by atoms with E-state index in [1.165, 1.54) is 19.4 Å². The second-order valence-electron chi connectivity index (χ2n) is 3.27. The lowest BCUT2D eigenvalue weighted by Crippen LogP contribution is -2.20. The van der Waals surface area contributed by atoms with Gasteiger partial charge in [-0.1, -0.05) is 11.6 Å². The molecule has 0 saturated carbocycles. The van der Waals surface area contributed by atoms with E-state index in [-0.39, 0.29) is 22.5 Å². The highest BCUT2D eigenvalue weighted by atomic mass is 35.5. The number of carbonyl (C=O) groups excluding carboxylic acids is 1. The molecule has 1 heterocycles. The Morgan fingerprint density at radius 1 is 1.69 bits per heavy atom. The van der Waals surface area contributed by atoms with Gasteiger partial charge in [0.25, 0.3) is 0 Å². The number of carbonyl (C=O) groups is 1. The zero-order valence-corrected chi connectivity index (χ0v) is 9.82. The van der Waals surface area contributed by atoms with Crippen molar-refractivity contribution in [2.45, 2.75) is 13.0 Å². The Morgan fingerprint density at radius 3 is 3.00 bits per heavy atom. The Balaban J connectivity index is 2.76. The molecule has 0 aromatic carbocycles. The second kappa shape index (κ2) is 5.67. The van der Waals surface area contributed by atoms with Crippen molar-refractivity contribution < 1.29 is 14.3 Å². The summed E-state index contributed by atoms with van der Waals surface area (Å²) in [6.45, 7) is 2.05. The van der Waals surface area contributed by atoms with Crippen molar-refractivity contribution in [3.05, 3.63) is 23.0 Å². The average molecular weight is 245 g/mol. The van der Waals surface area contributed by atoms with Gasteiger partial charge in [0.05, 0.1) is 24.1 Å². The molecule has 5 nitrogen and oxygen atoms in total. The summed E-state index contributed by atoms with van der Waals surface area (Å²) in [4.78, 5) is 15.4. The van der Waals surface area contributed by atoms with Gasteiger partial charge >= 0.3 is 5.97 Å². The smallest absolute Gasteiger partial charge is 0.340 e. The predicted octanol–water partition coefficient (Wildman–Crippen LogP) is 1.51. The number of hydrogen-bond donors (Lipinski definition) is 1. The van der Waals surface area contributed by atoms with Crippen LogP contribution in [0, 0.1) is 0 Å². The van der Waals surface area contributed by atoms with Crippen LogP contribution in [0.3, 0.4) is 0 Å². The molecule has 16 heavy (non-hydrogen) atoms. The molecular formula is C10H13ClN2O3. The molecule has 1 rings (SSSR count). The first-order valence-electron chi connectivity index (χ1n) is 4.65. The summed E-state index contributed by atoms with van der Waals surface area (Å²) >= 11 is 5.66. The molecule has 2 N–H and O–H groups in total. The van der Waals surface area contributed by atoms with Gasteiger partial charge in [-0.05, 0) is 13.0 Å². The number of anilines is 1. The highest BCUT2D eigenvalue weighted by molar-refractivity contribution is 6.29. The third kappa shape index (κ3) is 3.36. The number of nitrogen functional groups attached to an aromatic ring is 1. The van der Waals surface area contributed by atoms with Crippen molar-refractivity contribution in [3.8, 4) is 0 Å². The number of ether oxygens (including phenoxy) is 2. The molecule has 0 fully saturated rings. The average Bonchev–Trinajstić information content (AvgIpc) is 2.21. The van der Waals surface area contributed by atoms with E-state index >= 15 is 0 Å². The molecule has 1 atom stereocenters. The Kier molecular flexibility index (Phi) is 4.52. The van der Waals surface area contributed by atoms with Gasteiger partial charge in [-0.15, -0.1) is 0 Å². The van der Waals surface area contributed by atoms with Crippen LogP contribution in [-0.2, 0) is 9.47 Å². The van der Waals surface area contributed by atoms with E-state index in [0.717, 1.165) is 0 Å². The number of methoxy groups -OCH3 is 1. The van der Waals surface area contributed by atoms with Crippen molar-refractivity contribution in [2.24, 2.45) is 0 Å². The molecule has 0 aliphatic rings. The van der Waals surface area contributed by atoms with Crippen LogP contribution < -0.4 is 5.73 Å². The van der Waals surface area contributed by atoms with E-state index < -0.39 is 5.97 Å². The number of pyridine rings is 1. The monoisotopic (exact) mass is 244 g/mol. The Hall–Kier alpha value is -1.33. The first-order valence-corrected chi connectivity index (χ1v) is 5.03. The molecule has 0 aliphatic carbocycles. The molecule has 88 valence electrons. The molecule has 0 spiro atoms. The van der Waals surface area contributed by atoms with Crippen LogP contribution in [0.25, 0.3) is 0 Å². The van der Waals surface area contributed by atoms with Crippen LogP contribution in [0.4, 0.5) is 5.69 Å². The molecule has 0 saturated heterocycles. The molecule has 0 aliphatic heterocycles. The summed E-state index contributed by atoms with van der Waals surface area (Å²) in [6.07, 6.45) is 0.976. The summed E-state index contributed by atoms with van der Waals surface area (Å²) in [6, 6.07) is 1.37. The van der Waals surface area contributed by atoms with E-state index in [1.807, 2.05) is 0 Å². The van der Waals surface area contributed by atoms with Gasteiger partial charge < -0.3 is 15.2 Å². The minimum atomic E-state index is -0.536.